The van der Waals surface area contributed by atoms with E-state index in [4.69, 9.17) is 0 Å². The molecule has 1 fully saturated rings. The maximum Gasteiger partial charge on any atom is 0.135 e. The molecule has 0 bridgehead atoms. The summed E-state index contributed by atoms with van der Waals surface area (Å²) in [7, 11) is 0. The van der Waals surface area contributed by atoms with E-state index in [1.807, 2.05) is 0 Å². The predicted molar refractivity (Wildman–Crippen MR) is 81.0 cm³/mol. The highest BCUT2D eigenvalue weighted by atomic mass is 19.1. The van der Waals surface area contributed by atoms with Crippen LogP contribution in [0.1, 0.15) is 64.0 Å². The van der Waals surface area contributed by atoms with E-state index in [9.17, 15) is 13.9 Å². The molecule has 0 atom stereocenters. The standard InChI is InChI=1S/C18H26F2O/c1-5-17(3,4)13-8-10-18(21,11-9-13)15-14(19)7-6-12(2)16(15)20/h6-7,13,21H,5,8-11H2,1-4H3. The van der Waals surface area contributed by atoms with E-state index in [1.165, 1.54) is 12.1 Å². The van der Waals surface area contributed by atoms with Crippen LogP contribution in [0.25, 0.3) is 0 Å². The van der Waals surface area contributed by atoms with Crippen molar-refractivity contribution < 1.29 is 13.9 Å². The van der Waals surface area contributed by atoms with Crippen molar-refractivity contribution in [2.24, 2.45) is 11.3 Å². The van der Waals surface area contributed by atoms with Gasteiger partial charge in [0.25, 0.3) is 0 Å². The van der Waals surface area contributed by atoms with Crippen LogP contribution in [0.3, 0.4) is 0 Å². The molecule has 0 amide bonds. The summed E-state index contributed by atoms with van der Waals surface area (Å²) >= 11 is 0. The van der Waals surface area contributed by atoms with E-state index in [2.05, 4.69) is 20.8 Å². The van der Waals surface area contributed by atoms with Crippen LogP contribution >= 0.6 is 0 Å². The number of benzene rings is 1. The van der Waals surface area contributed by atoms with Crippen molar-refractivity contribution in [3.05, 3.63) is 34.9 Å². The van der Waals surface area contributed by atoms with Crippen molar-refractivity contribution in [3.63, 3.8) is 0 Å². The van der Waals surface area contributed by atoms with Crippen LogP contribution in [0.15, 0.2) is 12.1 Å². The Morgan fingerprint density at radius 3 is 2.33 bits per heavy atom. The maximum absolute atomic E-state index is 14.3. The lowest BCUT2D eigenvalue weighted by atomic mass is 9.65. The summed E-state index contributed by atoms with van der Waals surface area (Å²) in [5.41, 5.74) is -0.892. The largest absolute Gasteiger partial charge is 0.385 e. The normalized spacial score (nSPS) is 26.9. The number of rotatable bonds is 3. The SMILES string of the molecule is CCC(C)(C)C1CCC(O)(c2c(F)ccc(C)c2F)CC1. The molecule has 3 heteroatoms. The van der Waals surface area contributed by atoms with Crippen LogP contribution in [0.2, 0.25) is 0 Å². The molecule has 2 rings (SSSR count). The minimum atomic E-state index is -1.36. The van der Waals surface area contributed by atoms with Gasteiger partial charge in [-0.3, -0.25) is 0 Å². The molecule has 0 aliphatic heterocycles. The zero-order chi connectivity index (χ0) is 15.8. The van der Waals surface area contributed by atoms with Gasteiger partial charge in [0.2, 0.25) is 0 Å². The minimum absolute atomic E-state index is 0.129. The number of hydrogen-bond acceptors (Lipinski definition) is 1. The fraction of sp³-hybridized carbons (Fsp3) is 0.667. The average molecular weight is 296 g/mol. The van der Waals surface area contributed by atoms with Gasteiger partial charge >= 0.3 is 0 Å². The fourth-order valence-corrected chi connectivity index (χ4v) is 3.50. The quantitative estimate of drug-likeness (QED) is 0.824. The van der Waals surface area contributed by atoms with Gasteiger partial charge < -0.3 is 5.11 Å². The fourth-order valence-electron chi connectivity index (χ4n) is 3.50. The molecule has 0 heterocycles. The smallest absolute Gasteiger partial charge is 0.135 e. The monoisotopic (exact) mass is 296 g/mol. The summed E-state index contributed by atoms with van der Waals surface area (Å²) in [4.78, 5) is 0. The summed E-state index contributed by atoms with van der Waals surface area (Å²) in [5.74, 6) is -0.724. The predicted octanol–water partition coefficient (Wildman–Crippen LogP) is 5.09. The van der Waals surface area contributed by atoms with Crippen molar-refractivity contribution in [2.75, 3.05) is 0 Å². The van der Waals surface area contributed by atoms with Crippen LogP contribution in [0, 0.1) is 29.9 Å². The zero-order valence-electron chi connectivity index (χ0n) is 13.5. The van der Waals surface area contributed by atoms with E-state index in [0.29, 0.717) is 24.3 Å². The number of aliphatic hydroxyl groups is 1. The van der Waals surface area contributed by atoms with Crippen LogP contribution in [-0.2, 0) is 5.60 Å². The molecular weight excluding hydrogens is 270 g/mol. The van der Waals surface area contributed by atoms with E-state index in [-0.39, 0.29) is 11.0 Å². The van der Waals surface area contributed by atoms with Gasteiger partial charge in [-0.2, -0.15) is 0 Å². The summed E-state index contributed by atoms with van der Waals surface area (Å²) in [6.07, 6.45) is 3.55. The first-order valence-electron chi connectivity index (χ1n) is 7.89. The van der Waals surface area contributed by atoms with Crippen molar-refractivity contribution in [1.82, 2.24) is 0 Å². The zero-order valence-corrected chi connectivity index (χ0v) is 13.5. The third-order valence-corrected chi connectivity index (χ3v) is 5.58. The lowest BCUT2D eigenvalue weighted by molar-refractivity contribution is -0.0378. The highest BCUT2D eigenvalue weighted by Gasteiger charge is 2.42. The molecule has 1 saturated carbocycles. The second-order valence-electron chi connectivity index (χ2n) is 7.20. The van der Waals surface area contributed by atoms with E-state index < -0.39 is 17.2 Å². The van der Waals surface area contributed by atoms with Gasteiger partial charge in [0.15, 0.2) is 0 Å². The van der Waals surface area contributed by atoms with Crippen LogP contribution in [-0.4, -0.2) is 5.11 Å². The van der Waals surface area contributed by atoms with Crippen molar-refractivity contribution in [1.29, 1.82) is 0 Å². The average Bonchev–Trinajstić information content (AvgIpc) is 2.43. The molecule has 1 N–H and O–H groups in total. The molecule has 0 unspecified atom stereocenters. The molecule has 0 aromatic heterocycles. The van der Waals surface area contributed by atoms with Crippen LogP contribution < -0.4 is 0 Å². The molecule has 0 saturated heterocycles. The van der Waals surface area contributed by atoms with Gasteiger partial charge in [-0.15, -0.1) is 0 Å². The van der Waals surface area contributed by atoms with Crippen LogP contribution in [0.4, 0.5) is 8.78 Å². The molecule has 1 aromatic rings. The first-order chi connectivity index (χ1) is 9.71. The van der Waals surface area contributed by atoms with Crippen LogP contribution in [0.5, 0.6) is 0 Å². The highest BCUT2D eigenvalue weighted by molar-refractivity contribution is 5.31. The molecule has 21 heavy (non-hydrogen) atoms. The Balaban J connectivity index is 2.26. The molecule has 0 spiro atoms. The first kappa shape index (κ1) is 16.4. The molecule has 1 aliphatic carbocycles. The lowest BCUT2D eigenvalue weighted by Crippen LogP contribution is -2.37. The van der Waals surface area contributed by atoms with E-state index in [1.54, 1.807) is 6.92 Å². The molecular formula is C18H26F2O. The summed E-state index contributed by atoms with van der Waals surface area (Å²) in [6.45, 7) is 8.24. The Bertz CT molecular complexity index is 514. The second-order valence-corrected chi connectivity index (χ2v) is 7.20. The van der Waals surface area contributed by atoms with E-state index >= 15 is 0 Å². The topological polar surface area (TPSA) is 20.2 Å². The highest BCUT2D eigenvalue weighted by Crippen LogP contribution is 2.47. The first-order valence-corrected chi connectivity index (χ1v) is 7.89. The maximum atomic E-state index is 14.3. The van der Waals surface area contributed by atoms with Gasteiger partial charge in [0.05, 0.1) is 11.2 Å². The Labute approximate surface area is 126 Å². The summed E-state index contributed by atoms with van der Waals surface area (Å²) < 4.78 is 28.3. The molecule has 1 aromatic carbocycles. The number of hydrogen-bond donors (Lipinski definition) is 1. The minimum Gasteiger partial charge on any atom is -0.385 e. The van der Waals surface area contributed by atoms with Gasteiger partial charge in [-0.1, -0.05) is 33.3 Å². The molecule has 118 valence electrons. The van der Waals surface area contributed by atoms with Crippen molar-refractivity contribution >= 4 is 0 Å². The third-order valence-electron chi connectivity index (χ3n) is 5.58. The Morgan fingerprint density at radius 1 is 1.24 bits per heavy atom. The van der Waals surface area contributed by atoms with Crippen molar-refractivity contribution in [3.8, 4) is 0 Å². The number of halogens is 2. The third kappa shape index (κ3) is 2.98. The van der Waals surface area contributed by atoms with Gasteiger partial charge in [-0.25, -0.2) is 8.78 Å². The summed E-state index contributed by atoms with van der Waals surface area (Å²) in [6, 6.07) is 2.68. The van der Waals surface area contributed by atoms with Gasteiger partial charge in [0, 0.05) is 0 Å². The van der Waals surface area contributed by atoms with Crippen molar-refractivity contribution in [2.45, 2.75) is 65.4 Å². The Kier molecular flexibility index (Phi) is 4.44. The number of aryl methyl sites for hydroxylation is 1. The summed E-state index contributed by atoms with van der Waals surface area (Å²) in [5, 5.41) is 10.8. The molecule has 1 aliphatic rings. The van der Waals surface area contributed by atoms with E-state index in [0.717, 1.165) is 19.3 Å². The molecule has 0 radical (unpaired) electrons. The lowest BCUT2D eigenvalue weighted by Gasteiger charge is -2.43. The second kappa shape index (κ2) is 5.68. The molecule has 1 nitrogen and oxygen atoms in total. The van der Waals surface area contributed by atoms with Gasteiger partial charge in [-0.05, 0) is 55.6 Å². The van der Waals surface area contributed by atoms with Gasteiger partial charge in [0.1, 0.15) is 11.6 Å². The Morgan fingerprint density at radius 2 is 1.81 bits per heavy atom. The Hall–Kier alpha value is -0.960.